The van der Waals surface area contributed by atoms with Gasteiger partial charge in [0.25, 0.3) is 0 Å². The Morgan fingerprint density at radius 3 is 2.42 bits per heavy atom. The molecule has 0 bridgehead atoms. The Hall–Kier alpha value is 0.120. The average molecular weight is 202 g/mol. The van der Waals surface area contributed by atoms with E-state index in [1.807, 2.05) is 0 Å². The van der Waals surface area contributed by atoms with Gasteiger partial charge in [0.1, 0.15) is 0 Å². The Morgan fingerprint density at radius 2 is 2.08 bits per heavy atom. The molecule has 0 saturated carbocycles. The van der Waals surface area contributed by atoms with Crippen molar-refractivity contribution in [2.45, 2.75) is 6.42 Å². The first kappa shape index (κ1) is 14.6. The van der Waals surface area contributed by atoms with Gasteiger partial charge in [0, 0.05) is 5.75 Å². The summed E-state index contributed by atoms with van der Waals surface area (Å²) >= 11 is 0. The molecule has 0 aliphatic rings. The van der Waals surface area contributed by atoms with E-state index in [0.29, 0.717) is 0 Å². The van der Waals surface area contributed by atoms with Gasteiger partial charge in [0.2, 0.25) is 0 Å². The van der Waals surface area contributed by atoms with Crippen molar-refractivity contribution in [2.75, 3.05) is 5.75 Å². The average Bonchev–Trinajstić information content (AvgIpc) is 1.83. The van der Waals surface area contributed by atoms with E-state index in [0.717, 1.165) is 6.26 Å². The normalized spacial score (nSPS) is 9.75. The van der Waals surface area contributed by atoms with Crippen LogP contribution in [0.2, 0.25) is 0 Å². The zero-order valence-electron chi connectivity index (χ0n) is 6.65. The van der Waals surface area contributed by atoms with Crippen LogP contribution in [0.25, 0.3) is 0 Å². The largest absolute Gasteiger partial charge is 1.00 e. The third-order valence-electron chi connectivity index (χ3n) is 0.771. The molecule has 0 amide bonds. The van der Waals surface area contributed by atoms with Gasteiger partial charge in [-0.2, -0.15) is 0 Å². The molecule has 0 saturated heterocycles. The zero-order valence-corrected chi connectivity index (χ0v) is 9.46. The van der Waals surface area contributed by atoms with Gasteiger partial charge in [0.15, 0.2) is 0 Å². The minimum Gasteiger partial charge on any atom is -0.748 e. The summed E-state index contributed by atoms with van der Waals surface area (Å²) in [6, 6.07) is 0. The number of carbonyl (C=O) groups is 1. The van der Waals surface area contributed by atoms with Gasteiger partial charge in [-0.15, -0.1) is 0 Å². The van der Waals surface area contributed by atoms with E-state index in [9.17, 15) is 17.8 Å². The van der Waals surface area contributed by atoms with E-state index < -0.39 is 28.3 Å². The Morgan fingerprint density at radius 1 is 1.58 bits per heavy atom. The smallest absolute Gasteiger partial charge is 0.748 e. The molecule has 7 heteroatoms. The molecule has 0 radical (unpaired) electrons. The summed E-state index contributed by atoms with van der Waals surface area (Å²) in [5.74, 6) is -1.51. The molecule has 0 N–H and O–H groups in total. The molecule has 0 spiro atoms. The summed E-state index contributed by atoms with van der Waals surface area (Å²) in [6.45, 7) is 3.07. The van der Waals surface area contributed by atoms with Crippen molar-refractivity contribution in [1.29, 1.82) is 0 Å². The van der Waals surface area contributed by atoms with Crippen LogP contribution in [0, 0.1) is 0 Å². The van der Waals surface area contributed by atoms with Crippen LogP contribution < -0.4 is 29.6 Å². The van der Waals surface area contributed by atoms with E-state index in [1.54, 1.807) is 0 Å². The maximum atomic E-state index is 10.4. The third kappa shape index (κ3) is 10.1. The molecule has 0 aliphatic heterocycles. The van der Waals surface area contributed by atoms with Crippen molar-refractivity contribution in [3.05, 3.63) is 12.8 Å². The maximum Gasteiger partial charge on any atom is 1.00 e. The number of rotatable bonds is 4. The van der Waals surface area contributed by atoms with Crippen LogP contribution in [0.3, 0.4) is 0 Å². The monoisotopic (exact) mass is 202 g/mol. The predicted molar refractivity (Wildman–Crippen MR) is 35.5 cm³/mol. The van der Waals surface area contributed by atoms with Gasteiger partial charge in [-0.1, -0.05) is 6.58 Å². The van der Waals surface area contributed by atoms with Gasteiger partial charge >= 0.3 is 35.5 Å². The second kappa shape index (κ2) is 6.62. The fraction of sp³-hybridized carbons (Fsp3) is 0.400. The summed E-state index contributed by atoms with van der Waals surface area (Å²) in [5, 5.41) is 0. The number of esters is 1. The zero-order chi connectivity index (χ0) is 8.91. The first-order valence-corrected chi connectivity index (χ1v) is 4.27. The van der Waals surface area contributed by atoms with Crippen molar-refractivity contribution in [1.82, 2.24) is 0 Å². The Bertz CT molecular complexity index is 245. The van der Waals surface area contributed by atoms with Gasteiger partial charge in [-0.05, 0) is 0 Å². The molecule has 0 aliphatic carbocycles. The first-order valence-electron chi connectivity index (χ1n) is 2.69. The van der Waals surface area contributed by atoms with Crippen molar-refractivity contribution in [2.24, 2.45) is 0 Å². The van der Waals surface area contributed by atoms with Crippen molar-refractivity contribution in [3.8, 4) is 0 Å². The number of ether oxygens (including phenoxy) is 1. The summed E-state index contributed by atoms with van der Waals surface area (Å²) in [7, 11) is -4.32. The predicted octanol–water partition coefficient (Wildman–Crippen LogP) is -3.39. The van der Waals surface area contributed by atoms with Crippen molar-refractivity contribution < 1.29 is 52.1 Å². The molecule has 12 heavy (non-hydrogen) atoms. The van der Waals surface area contributed by atoms with Gasteiger partial charge in [0.05, 0.1) is 22.8 Å². The fourth-order valence-corrected chi connectivity index (χ4v) is 0.777. The van der Waals surface area contributed by atoms with Crippen LogP contribution in [0.1, 0.15) is 6.42 Å². The fourth-order valence-electron chi connectivity index (χ4n) is 0.360. The van der Waals surface area contributed by atoms with Crippen LogP contribution >= 0.6 is 0 Å². The minimum absolute atomic E-state index is 0. The Balaban J connectivity index is 0. The maximum absolute atomic E-state index is 10.4. The number of hydrogen-bond donors (Lipinski definition) is 0. The Kier molecular flexibility index (Phi) is 8.07. The van der Waals surface area contributed by atoms with E-state index >= 15 is 0 Å². The quantitative estimate of drug-likeness (QED) is 0.205. The molecular weight excluding hydrogens is 195 g/mol. The molecule has 64 valence electrons. The van der Waals surface area contributed by atoms with Crippen molar-refractivity contribution in [3.63, 3.8) is 0 Å². The summed E-state index contributed by atoms with van der Waals surface area (Å²) in [5.41, 5.74) is 0. The molecule has 0 atom stereocenters. The number of hydrogen-bond acceptors (Lipinski definition) is 5. The van der Waals surface area contributed by atoms with E-state index in [2.05, 4.69) is 11.3 Å². The van der Waals surface area contributed by atoms with Crippen LogP contribution in [0.15, 0.2) is 12.8 Å². The van der Waals surface area contributed by atoms with Crippen LogP contribution in [-0.2, 0) is 19.6 Å². The molecule has 0 fully saturated rings. The molecule has 0 aromatic rings. The van der Waals surface area contributed by atoms with Gasteiger partial charge in [-0.3, -0.25) is 4.79 Å². The molecule has 0 aromatic heterocycles. The second-order valence-electron chi connectivity index (χ2n) is 1.67. The number of carbonyl (C=O) groups excluding carboxylic acids is 1. The molecule has 0 aromatic carbocycles. The summed E-state index contributed by atoms with van der Waals surface area (Å²) in [6.07, 6.45) is 0.442. The van der Waals surface area contributed by atoms with E-state index in [1.165, 1.54) is 0 Å². The van der Waals surface area contributed by atoms with Crippen LogP contribution in [0.4, 0.5) is 0 Å². The van der Waals surface area contributed by atoms with E-state index in [-0.39, 0.29) is 29.6 Å². The Labute approximate surface area is 92.8 Å². The van der Waals surface area contributed by atoms with Crippen molar-refractivity contribution >= 4 is 16.1 Å². The SMILES string of the molecule is C=COC(=O)CCS(=O)(=O)[O-].[Na+]. The summed E-state index contributed by atoms with van der Waals surface area (Å²) in [4.78, 5) is 10.4. The van der Waals surface area contributed by atoms with Gasteiger partial charge < -0.3 is 9.29 Å². The van der Waals surface area contributed by atoms with Crippen LogP contribution in [0.5, 0.6) is 0 Å². The molecule has 0 heterocycles. The third-order valence-corrected chi connectivity index (χ3v) is 1.48. The van der Waals surface area contributed by atoms with Crippen LogP contribution in [-0.4, -0.2) is 24.7 Å². The molecule has 0 unspecified atom stereocenters. The first-order chi connectivity index (χ1) is 4.95. The molecule has 5 nitrogen and oxygen atoms in total. The minimum atomic E-state index is -4.32. The molecule has 0 rings (SSSR count). The standard InChI is InChI=1S/C5H8O5S.Na/c1-2-10-5(6)3-4-11(7,8)9;/h2H,1,3-4H2,(H,7,8,9);/q;+1/p-1. The second-order valence-corrected chi connectivity index (χ2v) is 3.19. The topological polar surface area (TPSA) is 83.5 Å². The van der Waals surface area contributed by atoms with Gasteiger partial charge in [-0.25, -0.2) is 8.42 Å². The summed E-state index contributed by atoms with van der Waals surface area (Å²) < 4.78 is 34.0. The molecular formula is C5H7NaO5S. The van der Waals surface area contributed by atoms with E-state index in [4.69, 9.17) is 0 Å².